The van der Waals surface area contributed by atoms with Gasteiger partial charge in [0.25, 0.3) is 0 Å². The minimum atomic E-state index is -3.82. The van der Waals surface area contributed by atoms with Crippen molar-refractivity contribution in [2.45, 2.75) is 12.1 Å². The van der Waals surface area contributed by atoms with Crippen molar-refractivity contribution in [3.05, 3.63) is 48.3 Å². The minimum Gasteiger partial charge on any atom is -0.325 e. The number of hydrogen-bond donors (Lipinski definition) is 1. The fourth-order valence-electron chi connectivity index (χ4n) is 1.60. The molecule has 1 N–H and O–H groups in total. The normalized spacial score (nSPS) is 11.1. The summed E-state index contributed by atoms with van der Waals surface area (Å²) in [7, 11) is -3.82. The van der Waals surface area contributed by atoms with Gasteiger partial charge >= 0.3 is 0 Å². The summed E-state index contributed by atoms with van der Waals surface area (Å²) in [6.07, 6.45) is 2.64. The van der Waals surface area contributed by atoms with Crippen LogP contribution >= 0.6 is 0 Å². The second-order valence-corrected chi connectivity index (χ2v) is 6.09. The lowest BCUT2D eigenvalue weighted by Crippen LogP contribution is -2.24. The van der Waals surface area contributed by atoms with E-state index in [2.05, 4.69) is 15.3 Å². The maximum atomic E-state index is 11.9. The van der Waals surface area contributed by atoms with Gasteiger partial charge in [-0.25, -0.2) is 18.4 Å². The number of amides is 1. The number of nitrogens with one attached hydrogen (secondary N) is 1. The number of benzene rings is 1. The number of sulfone groups is 1. The third kappa shape index (κ3) is 3.61. The van der Waals surface area contributed by atoms with Gasteiger partial charge in [0.15, 0.2) is 0 Å². The zero-order valence-corrected chi connectivity index (χ0v) is 11.6. The van der Waals surface area contributed by atoms with Crippen molar-refractivity contribution in [1.29, 1.82) is 0 Å². The van der Waals surface area contributed by atoms with Crippen molar-refractivity contribution in [3.63, 3.8) is 0 Å². The Balaban J connectivity index is 2.09. The van der Waals surface area contributed by atoms with Crippen LogP contribution in [-0.4, -0.2) is 30.0 Å². The standard InChI is InChI=1S/C13H13N3O3S/c1-10-4-2-5-11(8-10)16-12(17)9-20(18,19)13-14-6-3-7-15-13/h2-8H,9H2,1H3,(H,16,17). The molecule has 0 unspecified atom stereocenters. The lowest BCUT2D eigenvalue weighted by atomic mass is 10.2. The average Bonchev–Trinajstić information content (AvgIpc) is 2.39. The monoisotopic (exact) mass is 291 g/mol. The smallest absolute Gasteiger partial charge is 0.247 e. The molecule has 1 heterocycles. The lowest BCUT2D eigenvalue weighted by Gasteiger charge is -2.06. The summed E-state index contributed by atoms with van der Waals surface area (Å²) >= 11 is 0. The Morgan fingerprint density at radius 3 is 2.55 bits per heavy atom. The fraction of sp³-hybridized carbons (Fsp3) is 0.154. The highest BCUT2D eigenvalue weighted by molar-refractivity contribution is 7.91. The van der Waals surface area contributed by atoms with Crippen LogP contribution in [0.25, 0.3) is 0 Å². The summed E-state index contributed by atoms with van der Waals surface area (Å²) in [5.41, 5.74) is 1.52. The highest BCUT2D eigenvalue weighted by Crippen LogP contribution is 2.10. The second kappa shape index (κ2) is 5.79. The van der Waals surface area contributed by atoms with Crippen LogP contribution in [0.4, 0.5) is 5.69 Å². The first kappa shape index (κ1) is 14.1. The molecule has 0 atom stereocenters. The third-order valence-electron chi connectivity index (χ3n) is 2.44. The summed E-state index contributed by atoms with van der Waals surface area (Å²) in [5, 5.41) is 2.19. The molecule has 1 amide bonds. The molecule has 0 saturated heterocycles. The van der Waals surface area contributed by atoms with Crippen molar-refractivity contribution < 1.29 is 13.2 Å². The van der Waals surface area contributed by atoms with E-state index in [9.17, 15) is 13.2 Å². The number of aryl methyl sites for hydroxylation is 1. The summed E-state index contributed by atoms with van der Waals surface area (Å²) in [6.45, 7) is 1.88. The van der Waals surface area contributed by atoms with E-state index in [1.165, 1.54) is 18.5 Å². The van der Waals surface area contributed by atoms with Crippen molar-refractivity contribution in [1.82, 2.24) is 9.97 Å². The van der Waals surface area contributed by atoms with Crippen LogP contribution < -0.4 is 5.32 Å². The van der Waals surface area contributed by atoms with Gasteiger partial charge in [0.1, 0.15) is 5.75 Å². The zero-order chi connectivity index (χ0) is 14.6. The van der Waals surface area contributed by atoms with Gasteiger partial charge in [-0.2, -0.15) is 0 Å². The molecule has 1 aromatic carbocycles. The highest BCUT2D eigenvalue weighted by Gasteiger charge is 2.21. The van der Waals surface area contributed by atoms with Gasteiger partial charge in [-0.1, -0.05) is 12.1 Å². The molecule has 0 aliphatic heterocycles. The van der Waals surface area contributed by atoms with Crippen LogP contribution in [0.1, 0.15) is 5.56 Å². The van der Waals surface area contributed by atoms with Crippen LogP contribution in [-0.2, 0) is 14.6 Å². The quantitative estimate of drug-likeness (QED) is 0.855. The van der Waals surface area contributed by atoms with Crippen LogP contribution in [0.3, 0.4) is 0 Å². The molecule has 6 nitrogen and oxygen atoms in total. The van der Waals surface area contributed by atoms with E-state index in [0.717, 1.165) is 5.56 Å². The Hall–Kier alpha value is -2.28. The number of hydrogen-bond acceptors (Lipinski definition) is 5. The summed E-state index contributed by atoms with van der Waals surface area (Å²) < 4.78 is 23.8. The van der Waals surface area contributed by atoms with Gasteiger partial charge in [0.05, 0.1) is 0 Å². The molecule has 1 aromatic heterocycles. The minimum absolute atomic E-state index is 0.348. The Morgan fingerprint density at radius 2 is 1.90 bits per heavy atom. The fourth-order valence-corrected chi connectivity index (χ4v) is 2.59. The molecule has 0 fully saturated rings. The van der Waals surface area contributed by atoms with Gasteiger partial charge in [-0.15, -0.1) is 0 Å². The van der Waals surface area contributed by atoms with E-state index in [1.807, 2.05) is 13.0 Å². The molecule has 2 aromatic rings. The summed E-state index contributed by atoms with van der Waals surface area (Å²) in [4.78, 5) is 19.1. The van der Waals surface area contributed by atoms with Crippen LogP contribution in [0.2, 0.25) is 0 Å². The van der Waals surface area contributed by atoms with Gasteiger partial charge in [-0.3, -0.25) is 4.79 Å². The second-order valence-electron chi connectivity index (χ2n) is 4.21. The highest BCUT2D eigenvalue weighted by atomic mass is 32.2. The first-order valence-electron chi connectivity index (χ1n) is 5.84. The molecule has 20 heavy (non-hydrogen) atoms. The molecule has 0 radical (unpaired) electrons. The van der Waals surface area contributed by atoms with E-state index < -0.39 is 21.5 Å². The molecule has 2 rings (SSSR count). The predicted molar refractivity (Wildman–Crippen MR) is 73.9 cm³/mol. The summed E-state index contributed by atoms with van der Waals surface area (Å²) in [6, 6.07) is 8.61. The molecule has 0 aliphatic rings. The maximum absolute atomic E-state index is 11.9. The number of anilines is 1. The molecule has 7 heteroatoms. The Bertz CT molecular complexity index is 715. The maximum Gasteiger partial charge on any atom is 0.247 e. The van der Waals surface area contributed by atoms with Gasteiger partial charge in [0, 0.05) is 18.1 Å². The third-order valence-corrected chi connectivity index (χ3v) is 3.85. The molecule has 0 bridgehead atoms. The molecule has 0 spiro atoms. The van der Waals surface area contributed by atoms with Crippen molar-refractivity contribution in [3.8, 4) is 0 Å². The number of nitrogens with zero attached hydrogens (tertiary/aromatic N) is 2. The van der Waals surface area contributed by atoms with Crippen LogP contribution in [0, 0.1) is 6.92 Å². The molecule has 104 valence electrons. The number of aromatic nitrogens is 2. The van der Waals surface area contributed by atoms with E-state index in [1.54, 1.807) is 18.2 Å². The Labute approximate surface area is 116 Å². The molecule has 0 aliphatic carbocycles. The molecule has 0 saturated carbocycles. The lowest BCUT2D eigenvalue weighted by molar-refractivity contribution is -0.113. The number of carbonyl (C=O) groups excluding carboxylic acids is 1. The SMILES string of the molecule is Cc1cccc(NC(=O)CS(=O)(=O)c2ncccn2)c1. The van der Waals surface area contributed by atoms with Crippen molar-refractivity contribution in [2.75, 3.05) is 11.1 Å². The van der Waals surface area contributed by atoms with E-state index >= 15 is 0 Å². The largest absolute Gasteiger partial charge is 0.325 e. The van der Waals surface area contributed by atoms with E-state index in [4.69, 9.17) is 0 Å². The topological polar surface area (TPSA) is 89.0 Å². The zero-order valence-electron chi connectivity index (χ0n) is 10.8. The van der Waals surface area contributed by atoms with Gasteiger partial charge in [-0.05, 0) is 30.7 Å². The van der Waals surface area contributed by atoms with Crippen LogP contribution in [0.15, 0.2) is 47.9 Å². The average molecular weight is 291 g/mol. The van der Waals surface area contributed by atoms with Crippen LogP contribution in [0.5, 0.6) is 0 Å². The summed E-state index contributed by atoms with van der Waals surface area (Å²) in [5.74, 6) is -1.31. The number of rotatable bonds is 4. The Morgan fingerprint density at radius 1 is 1.20 bits per heavy atom. The van der Waals surface area contributed by atoms with Crippen molar-refractivity contribution in [2.24, 2.45) is 0 Å². The van der Waals surface area contributed by atoms with E-state index in [0.29, 0.717) is 5.69 Å². The molecular weight excluding hydrogens is 278 g/mol. The first-order valence-corrected chi connectivity index (χ1v) is 7.49. The van der Waals surface area contributed by atoms with Gasteiger partial charge in [0.2, 0.25) is 20.9 Å². The predicted octanol–water partition coefficient (Wildman–Crippen LogP) is 1.20. The van der Waals surface area contributed by atoms with E-state index in [-0.39, 0.29) is 5.16 Å². The Kier molecular flexibility index (Phi) is 4.09. The first-order chi connectivity index (χ1) is 9.47. The molecular formula is C13H13N3O3S. The number of carbonyl (C=O) groups is 1. The van der Waals surface area contributed by atoms with Gasteiger partial charge < -0.3 is 5.32 Å². The van der Waals surface area contributed by atoms with Crippen molar-refractivity contribution >= 4 is 21.4 Å².